The van der Waals surface area contributed by atoms with Gasteiger partial charge in [0.1, 0.15) is 67.0 Å². The molecule has 3 aromatic rings. The molecule has 30 heteroatoms. The van der Waals surface area contributed by atoms with Crippen molar-refractivity contribution < 1.29 is 77.0 Å². The highest BCUT2D eigenvalue weighted by Crippen LogP contribution is 2.25. The molecule has 2 aliphatic heterocycles. The number of likely N-dealkylation sites (N-methyl/N-ethyl adjacent to an activating group) is 3. The Bertz CT molecular complexity index is 3570. The summed E-state index contributed by atoms with van der Waals surface area (Å²) in [5, 5.41) is 31.0. The third kappa shape index (κ3) is 29.7. The highest BCUT2D eigenvalue weighted by atomic mass is 16.5. The summed E-state index contributed by atoms with van der Waals surface area (Å²) in [5.74, 6) is -9.39. The zero-order chi connectivity index (χ0) is 82.0. The molecule has 2 fully saturated rings. The molecule has 3 aromatic carbocycles. The number of nitrogens with two attached hydrogens (primary N) is 1. The van der Waals surface area contributed by atoms with Crippen molar-refractivity contribution in [3.63, 3.8) is 0 Å². The molecule has 0 aliphatic carbocycles. The van der Waals surface area contributed by atoms with Gasteiger partial charge in [-0.1, -0.05) is 172 Å². The van der Waals surface area contributed by atoms with E-state index in [-0.39, 0.29) is 108 Å². The Balaban J connectivity index is 1.26. The van der Waals surface area contributed by atoms with Crippen molar-refractivity contribution in [1.29, 1.82) is 0 Å². The lowest BCUT2D eigenvalue weighted by molar-refractivity contribution is -0.149. The maximum Gasteiger partial charge on any atom is 0.329 e. The maximum atomic E-state index is 15.0. The molecule has 2 aliphatic rings. The summed E-state index contributed by atoms with van der Waals surface area (Å²) < 4.78 is 5.06. The van der Waals surface area contributed by atoms with Crippen molar-refractivity contribution in [3.05, 3.63) is 108 Å². The van der Waals surface area contributed by atoms with Crippen LogP contribution in [-0.2, 0) is 91.1 Å². The van der Waals surface area contributed by atoms with Crippen LogP contribution < -0.4 is 48.3 Å². The molecule has 0 bridgehead atoms. The summed E-state index contributed by atoms with van der Waals surface area (Å²) in [6, 6.07) is 14.9. The smallest absolute Gasteiger partial charge is 0.329 e. The molecule has 5 rings (SSSR count). The van der Waals surface area contributed by atoms with Crippen molar-refractivity contribution in [3.8, 4) is 0 Å². The number of benzene rings is 3. The van der Waals surface area contributed by atoms with Crippen LogP contribution in [0.1, 0.15) is 162 Å². The SMILES string of the molecule is CCCC[C@@H](C(=O)N(C)[C@@H](CCCC)C(=O)N[C@@H](CC(C)C)C(=O)NCCOCC(=O)O)N(C)C(=O)[C@H](Cc1ccccc1)NC(=O)CNC(=O)[C@H](Cc1ccccc1)NC(=O)[C@@H]1CCCN1C(=O)[C@H](CC(C)C)NC(=O)CNC(=O)[C@@H]1CCCN1C(=O)[C@H](CC(C)C)NC(=O)[C@H](C)N(C)C(=O)[C@@H](N)Cc1ccccc1. The largest absolute Gasteiger partial charge is 0.480 e. The summed E-state index contributed by atoms with van der Waals surface area (Å²) in [4.78, 5) is 203. The lowest BCUT2D eigenvalue weighted by Crippen LogP contribution is -2.59. The number of aliphatic carboxylic acids is 1. The van der Waals surface area contributed by atoms with Crippen LogP contribution in [0, 0.1) is 17.8 Å². The van der Waals surface area contributed by atoms with Gasteiger partial charge in [-0.25, -0.2) is 4.79 Å². The number of likely N-dealkylation sites (tertiary alicyclic amines) is 2. The van der Waals surface area contributed by atoms with E-state index in [0.717, 1.165) is 5.56 Å². The van der Waals surface area contributed by atoms with Gasteiger partial charge in [0, 0.05) is 53.6 Å². The fourth-order valence-electron chi connectivity index (χ4n) is 13.8. The molecule has 0 radical (unpaired) electrons. The minimum Gasteiger partial charge on any atom is -0.480 e. The topological polar surface area (TPSA) is 407 Å². The third-order valence-electron chi connectivity index (χ3n) is 19.9. The monoisotopic (exact) mass is 1550 g/mol. The lowest BCUT2D eigenvalue weighted by atomic mass is 9.99. The average Bonchev–Trinajstić information content (AvgIpc) is 1.30. The van der Waals surface area contributed by atoms with Gasteiger partial charge in [0.2, 0.25) is 76.8 Å². The van der Waals surface area contributed by atoms with Crippen molar-refractivity contribution >= 4 is 82.8 Å². The van der Waals surface area contributed by atoms with Gasteiger partial charge >= 0.3 is 5.97 Å². The first-order valence-electron chi connectivity index (χ1n) is 39.2. The van der Waals surface area contributed by atoms with Gasteiger partial charge in [-0.2, -0.15) is 0 Å². The summed E-state index contributed by atoms with van der Waals surface area (Å²) in [6.45, 7) is 15.1. The van der Waals surface area contributed by atoms with E-state index in [9.17, 15) is 62.3 Å². The first kappa shape index (κ1) is 91.8. The van der Waals surface area contributed by atoms with Gasteiger partial charge in [0.25, 0.3) is 0 Å². The number of ether oxygens (including phenoxy) is 1. The molecule has 2 heterocycles. The number of rotatable bonds is 46. The molecule has 11 atom stereocenters. The van der Waals surface area contributed by atoms with Crippen LogP contribution in [0.15, 0.2) is 91.0 Å². The van der Waals surface area contributed by atoms with E-state index in [1.807, 2.05) is 85.7 Å². The number of carboxylic acids is 1. The molecular formula is C81H122N14O16. The first-order chi connectivity index (χ1) is 52.8. The van der Waals surface area contributed by atoms with Gasteiger partial charge in [-0.15, -0.1) is 0 Å². The van der Waals surface area contributed by atoms with Crippen LogP contribution in [0.25, 0.3) is 0 Å². The quantitative estimate of drug-likeness (QED) is 0.0364. The molecule has 11 N–H and O–H groups in total. The molecule has 0 spiro atoms. The molecule has 0 saturated carbocycles. The number of carboxylic acid groups (broad SMARTS) is 1. The summed E-state index contributed by atoms with van der Waals surface area (Å²) in [6.07, 6.45) is 4.86. The molecular weight excluding hydrogens is 1420 g/mol. The fourth-order valence-corrected chi connectivity index (χ4v) is 13.8. The predicted molar refractivity (Wildman–Crippen MR) is 418 cm³/mol. The summed E-state index contributed by atoms with van der Waals surface area (Å²) in [7, 11) is 4.41. The number of hydrogen-bond donors (Lipinski definition) is 10. The Labute approximate surface area is 653 Å². The fraction of sp³-hybridized carbons (Fsp3) is 0.605. The number of carbonyl (C=O) groups is 14. The van der Waals surface area contributed by atoms with E-state index >= 15 is 4.79 Å². The predicted octanol–water partition coefficient (Wildman–Crippen LogP) is 2.92. The molecule has 13 amide bonds. The number of unbranched alkanes of at least 4 members (excludes halogenated alkanes) is 2. The maximum absolute atomic E-state index is 15.0. The number of hydrogen-bond acceptors (Lipinski definition) is 16. The zero-order valence-corrected chi connectivity index (χ0v) is 66.9. The molecule has 0 aromatic heterocycles. The minimum absolute atomic E-state index is 0.0135. The number of nitrogens with one attached hydrogen (secondary N) is 8. The Kier molecular flexibility index (Phi) is 38.6. The van der Waals surface area contributed by atoms with Crippen molar-refractivity contribution in [1.82, 2.24) is 67.0 Å². The Morgan fingerprint density at radius 1 is 0.477 bits per heavy atom. The average molecular weight is 1550 g/mol. The summed E-state index contributed by atoms with van der Waals surface area (Å²) >= 11 is 0. The van der Waals surface area contributed by atoms with E-state index in [0.29, 0.717) is 49.7 Å². The second-order valence-corrected chi connectivity index (χ2v) is 30.4. The highest BCUT2D eigenvalue weighted by Gasteiger charge is 2.43. The van der Waals surface area contributed by atoms with E-state index in [2.05, 4.69) is 42.5 Å². The lowest BCUT2D eigenvalue weighted by Gasteiger charge is -2.36. The van der Waals surface area contributed by atoms with E-state index in [1.165, 1.54) is 45.6 Å². The van der Waals surface area contributed by atoms with E-state index in [4.69, 9.17) is 15.6 Å². The van der Waals surface area contributed by atoms with Gasteiger partial charge in [-0.05, 0) is 106 Å². The van der Waals surface area contributed by atoms with Crippen LogP contribution in [0.4, 0.5) is 0 Å². The van der Waals surface area contributed by atoms with E-state index in [1.54, 1.807) is 67.6 Å². The van der Waals surface area contributed by atoms with Crippen molar-refractivity contribution in [2.45, 2.75) is 232 Å². The third-order valence-corrected chi connectivity index (χ3v) is 19.9. The van der Waals surface area contributed by atoms with Crippen LogP contribution in [0.5, 0.6) is 0 Å². The molecule has 111 heavy (non-hydrogen) atoms. The molecule has 2 saturated heterocycles. The first-order valence-corrected chi connectivity index (χ1v) is 39.2. The zero-order valence-electron chi connectivity index (χ0n) is 66.9. The molecule has 30 nitrogen and oxygen atoms in total. The Hall–Kier alpha value is -9.84. The van der Waals surface area contributed by atoms with Gasteiger partial charge in [-0.3, -0.25) is 62.3 Å². The number of carbonyl (C=O) groups excluding carboxylic acids is 13. The van der Waals surface area contributed by atoms with Crippen molar-refractivity contribution in [2.75, 3.05) is 67.1 Å². The normalized spacial score (nSPS) is 16.5. The second-order valence-electron chi connectivity index (χ2n) is 30.4. The van der Waals surface area contributed by atoms with Crippen molar-refractivity contribution in [2.24, 2.45) is 23.5 Å². The minimum atomic E-state index is -1.30. The number of amides is 13. The standard InChI is InChI=1S/C81H122N14O16/c1-13-15-34-64(75(104)88-59(42-51(3)4)72(101)83-38-41-111-50-70(98)99)92(11)81(110)67(35-16-14-2)93(12)78(107)63(47-57-32-24-19-25-33-57)87-68(96)48-84-73(102)60(46-56-30-22-18-23-31-56)89-76(105)66-37-27-40-95(66)79(108)61(43-52(5)6)86-69(97)49-85-74(103)65-36-26-39-94(65)80(109)62(44-53(7)8)90-71(100)54(9)91(10)77(106)58(82)45-55-28-20-17-21-29-55/h17-25,28-33,51-54,58-67H,13-16,26-27,34-50,82H2,1-12H3,(H,83,101)(H,84,102)(H,85,103)(H,86,97)(H,87,96)(H,88,104)(H,89,105)(H,90,100)(H,98,99)/t54-,58-,59-,60-,61-,62-,63-,64-,65-,66-,67-/m0/s1. The second kappa shape index (κ2) is 46.7. The van der Waals surface area contributed by atoms with E-state index < -0.39 is 169 Å². The number of nitrogens with zero attached hydrogens (tertiary/aromatic N) is 5. The Morgan fingerprint density at radius 2 is 0.910 bits per heavy atom. The highest BCUT2D eigenvalue weighted by molar-refractivity contribution is 5.99. The Morgan fingerprint density at radius 3 is 1.41 bits per heavy atom. The summed E-state index contributed by atoms with van der Waals surface area (Å²) in [5.41, 5.74) is 8.44. The van der Waals surface area contributed by atoms with Crippen LogP contribution in [-0.4, -0.2) is 246 Å². The molecule has 0 unspecified atom stereocenters. The molecule has 612 valence electrons. The van der Waals surface area contributed by atoms with Crippen LogP contribution in [0.2, 0.25) is 0 Å². The van der Waals surface area contributed by atoms with Gasteiger partial charge < -0.3 is 82.6 Å². The van der Waals surface area contributed by atoms with Crippen LogP contribution >= 0.6 is 0 Å². The van der Waals surface area contributed by atoms with Gasteiger partial charge in [0.15, 0.2) is 0 Å². The van der Waals surface area contributed by atoms with Gasteiger partial charge in [0.05, 0.1) is 25.7 Å². The van der Waals surface area contributed by atoms with Crippen LogP contribution in [0.3, 0.4) is 0 Å².